The van der Waals surface area contributed by atoms with Crippen LogP contribution in [0.15, 0.2) is 4.52 Å². The SMILES string of the molecule is Cc1noc(C)c1CN(C)CC(=O)N1CCN(C(=O)C2CC2)CC1. The van der Waals surface area contributed by atoms with Crippen molar-refractivity contribution < 1.29 is 14.1 Å². The van der Waals surface area contributed by atoms with Crippen molar-refractivity contribution in [2.24, 2.45) is 5.92 Å². The molecular formula is C17H26N4O3. The van der Waals surface area contributed by atoms with Gasteiger partial charge in [-0.1, -0.05) is 5.16 Å². The first-order valence-corrected chi connectivity index (χ1v) is 8.62. The molecule has 1 aliphatic carbocycles. The van der Waals surface area contributed by atoms with Gasteiger partial charge in [0.05, 0.1) is 12.2 Å². The van der Waals surface area contributed by atoms with E-state index in [2.05, 4.69) is 5.16 Å². The lowest BCUT2D eigenvalue weighted by Gasteiger charge is -2.35. The Morgan fingerprint density at radius 1 is 1.17 bits per heavy atom. The number of aromatic nitrogens is 1. The van der Waals surface area contributed by atoms with Gasteiger partial charge in [-0.05, 0) is 33.7 Å². The molecule has 2 heterocycles. The van der Waals surface area contributed by atoms with E-state index in [0.29, 0.717) is 39.3 Å². The van der Waals surface area contributed by atoms with Gasteiger partial charge in [0.2, 0.25) is 11.8 Å². The zero-order valence-corrected chi connectivity index (χ0v) is 14.7. The zero-order valence-electron chi connectivity index (χ0n) is 14.7. The number of hydrogen-bond donors (Lipinski definition) is 0. The molecule has 0 spiro atoms. The van der Waals surface area contributed by atoms with Crippen molar-refractivity contribution in [1.29, 1.82) is 0 Å². The van der Waals surface area contributed by atoms with Crippen molar-refractivity contribution in [1.82, 2.24) is 19.9 Å². The van der Waals surface area contributed by atoms with Crippen LogP contribution in [0.1, 0.15) is 29.9 Å². The number of amides is 2. The van der Waals surface area contributed by atoms with Crippen LogP contribution in [-0.4, -0.2) is 71.4 Å². The molecule has 0 bridgehead atoms. The summed E-state index contributed by atoms with van der Waals surface area (Å²) in [5, 5.41) is 3.95. The molecule has 132 valence electrons. The van der Waals surface area contributed by atoms with E-state index < -0.39 is 0 Å². The smallest absolute Gasteiger partial charge is 0.236 e. The fourth-order valence-corrected chi connectivity index (χ4v) is 3.15. The third kappa shape index (κ3) is 3.77. The highest BCUT2D eigenvalue weighted by Crippen LogP contribution is 2.31. The molecule has 3 rings (SSSR count). The van der Waals surface area contributed by atoms with E-state index >= 15 is 0 Å². The van der Waals surface area contributed by atoms with Gasteiger partial charge in [-0.2, -0.15) is 0 Å². The average Bonchev–Trinajstić information content (AvgIpc) is 3.37. The zero-order chi connectivity index (χ0) is 17.3. The molecule has 1 saturated heterocycles. The molecule has 0 N–H and O–H groups in total. The van der Waals surface area contributed by atoms with Crippen LogP contribution in [0.2, 0.25) is 0 Å². The molecule has 0 atom stereocenters. The summed E-state index contributed by atoms with van der Waals surface area (Å²) in [6.07, 6.45) is 2.06. The van der Waals surface area contributed by atoms with Gasteiger partial charge in [0, 0.05) is 44.2 Å². The van der Waals surface area contributed by atoms with Crippen molar-refractivity contribution in [2.75, 3.05) is 39.8 Å². The van der Waals surface area contributed by atoms with Crippen LogP contribution in [0, 0.1) is 19.8 Å². The lowest BCUT2D eigenvalue weighted by Crippen LogP contribution is -2.52. The molecule has 7 nitrogen and oxygen atoms in total. The lowest BCUT2D eigenvalue weighted by atomic mass is 10.2. The molecule has 0 unspecified atom stereocenters. The predicted octanol–water partition coefficient (Wildman–Crippen LogP) is 0.804. The van der Waals surface area contributed by atoms with Gasteiger partial charge in [-0.15, -0.1) is 0 Å². The normalized spacial score (nSPS) is 18.3. The summed E-state index contributed by atoms with van der Waals surface area (Å²) in [6, 6.07) is 0. The number of rotatable bonds is 5. The van der Waals surface area contributed by atoms with Gasteiger partial charge in [-0.3, -0.25) is 14.5 Å². The Hall–Kier alpha value is -1.89. The van der Waals surface area contributed by atoms with E-state index in [1.165, 1.54) is 0 Å². The van der Waals surface area contributed by atoms with Gasteiger partial charge in [0.15, 0.2) is 0 Å². The molecule has 2 amide bonds. The van der Waals surface area contributed by atoms with E-state index in [4.69, 9.17) is 4.52 Å². The van der Waals surface area contributed by atoms with Crippen molar-refractivity contribution in [3.05, 3.63) is 17.0 Å². The van der Waals surface area contributed by atoms with E-state index in [-0.39, 0.29) is 17.7 Å². The number of likely N-dealkylation sites (N-methyl/N-ethyl adjacent to an activating group) is 1. The number of carbonyl (C=O) groups is 2. The Kier molecular flexibility index (Phi) is 4.89. The third-order valence-electron chi connectivity index (χ3n) is 4.89. The van der Waals surface area contributed by atoms with Crippen molar-refractivity contribution in [3.8, 4) is 0 Å². The molecule has 24 heavy (non-hydrogen) atoms. The first-order valence-electron chi connectivity index (χ1n) is 8.62. The Morgan fingerprint density at radius 3 is 2.33 bits per heavy atom. The van der Waals surface area contributed by atoms with Gasteiger partial charge in [0.1, 0.15) is 5.76 Å². The second-order valence-electron chi connectivity index (χ2n) is 6.96. The topological polar surface area (TPSA) is 69.9 Å². The maximum absolute atomic E-state index is 12.5. The highest BCUT2D eigenvalue weighted by Gasteiger charge is 2.35. The third-order valence-corrected chi connectivity index (χ3v) is 4.89. The molecule has 1 aromatic rings. The van der Waals surface area contributed by atoms with Gasteiger partial charge >= 0.3 is 0 Å². The second kappa shape index (κ2) is 6.93. The summed E-state index contributed by atoms with van der Waals surface area (Å²) in [5.74, 6) is 1.45. The molecule has 1 aliphatic heterocycles. The fraction of sp³-hybridized carbons (Fsp3) is 0.706. The number of hydrogen-bond acceptors (Lipinski definition) is 5. The van der Waals surface area contributed by atoms with Crippen molar-refractivity contribution in [2.45, 2.75) is 33.2 Å². The maximum atomic E-state index is 12.5. The molecule has 7 heteroatoms. The van der Waals surface area contributed by atoms with E-state index in [1.54, 1.807) is 0 Å². The highest BCUT2D eigenvalue weighted by molar-refractivity contribution is 5.82. The van der Waals surface area contributed by atoms with Crippen LogP contribution in [0.3, 0.4) is 0 Å². The number of aryl methyl sites for hydroxylation is 2. The second-order valence-corrected chi connectivity index (χ2v) is 6.96. The van der Waals surface area contributed by atoms with E-state index in [0.717, 1.165) is 29.9 Å². The van der Waals surface area contributed by atoms with Crippen molar-refractivity contribution in [3.63, 3.8) is 0 Å². The molecule has 1 saturated carbocycles. The Bertz CT molecular complexity index is 596. The predicted molar refractivity (Wildman–Crippen MR) is 88.2 cm³/mol. The van der Waals surface area contributed by atoms with E-state index in [1.807, 2.05) is 35.6 Å². The number of piperazine rings is 1. The lowest BCUT2D eigenvalue weighted by molar-refractivity contribution is -0.140. The summed E-state index contributed by atoms with van der Waals surface area (Å²) in [6.45, 7) is 7.41. The highest BCUT2D eigenvalue weighted by atomic mass is 16.5. The molecular weight excluding hydrogens is 308 g/mol. The quantitative estimate of drug-likeness (QED) is 0.797. The molecule has 1 aromatic heterocycles. The first-order chi connectivity index (χ1) is 11.5. The molecule has 2 fully saturated rings. The summed E-state index contributed by atoms with van der Waals surface area (Å²) in [5.41, 5.74) is 1.92. The van der Waals surface area contributed by atoms with Crippen LogP contribution in [-0.2, 0) is 16.1 Å². The van der Waals surface area contributed by atoms with E-state index in [9.17, 15) is 9.59 Å². The molecule has 0 radical (unpaired) electrons. The summed E-state index contributed by atoms with van der Waals surface area (Å²) >= 11 is 0. The Morgan fingerprint density at radius 2 is 1.79 bits per heavy atom. The van der Waals surface area contributed by atoms with Gasteiger partial charge in [0.25, 0.3) is 0 Å². The minimum Gasteiger partial charge on any atom is -0.361 e. The Labute approximate surface area is 142 Å². The monoisotopic (exact) mass is 334 g/mol. The van der Waals surface area contributed by atoms with Crippen LogP contribution < -0.4 is 0 Å². The minimum absolute atomic E-state index is 0.114. The maximum Gasteiger partial charge on any atom is 0.236 e. The van der Waals surface area contributed by atoms with Crippen LogP contribution in [0.5, 0.6) is 0 Å². The van der Waals surface area contributed by atoms with Crippen LogP contribution >= 0.6 is 0 Å². The van der Waals surface area contributed by atoms with Crippen molar-refractivity contribution >= 4 is 11.8 Å². The molecule has 0 aromatic carbocycles. The van der Waals surface area contributed by atoms with Gasteiger partial charge in [-0.25, -0.2) is 0 Å². The minimum atomic E-state index is 0.114. The summed E-state index contributed by atoms with van der Waals surface area (Å²) < 4.78 is 5.17. The van der Waals surface area contributed by atoms with Crippen LogP contribution in [0.4, 0.5) is 0 Å². The van der Waals surface area contributed by atoms with Gasteiger partial charge < -0.3 is 14.3 Å². The van der Waals surface area contributed by atoms with Crippen LogP contribution in [0.25, 0.3) is 0 Å². The fourth-order valence-electron chi connectivity index (χ4n) is 3.15. The summed E-state index contributed by atoms with van der Waals surface area (Å²) in [7, 11) is 1.93. The first kappa shape index (κ1) is 17.0. The largest absolute Gasteiger partial charge is 0.361 e. The molecule has 2 aliphatic rings. The standard InChI is InChI=1S/C17H26N4O3/c1-12-15(13(2)24-18-12)10-19(3)11-16(22)20-6-8-21(9-7-20)17(23)14-4-5-14/h14H,4-11H2,1-3H3. The average molecular weight is 334 g/mol. The number of carbonyl (C=O) groups excluding carboxylic acids is 2. The number of nitrogens with zero attached hydrogens (tertiary/aromatic N) is 4. The summed E-state index contributed by atoms with van der Waals surface area (Å²) in [4.78, 5) is 30.3. The Balaban J connectivity index is 1.46.